The molecule has 142 valence electrons. The molecule has 0 saturated heterocycles. The van der Waals surface area contributed by atoms with Crippen LogP contribution in [0.1, 0.15) is 11.5 Å². The predicted octanol–water partition coefficient (Wildman–Crippen LogP) is 3.62. The number of hydrogen-bond acceptors (Lipinski definition) is 5. The van der Waals surface area contributed by atoms with Gasteiger partial charge in [0.2, 0.25) is 15.9 Å². The van der Waals surface area contributed by atoms with Gasteiger partial charge in [0, 0.05) is 7.05 Å². The van der Waals surface area contributed by atoms with Crippen LogP contribution in [-0.2, 0) is 16.6 Å². The van der Waals surface area contributed by atoms with E-state index in [2.05, 4.69) is 4.98 Å². The Bertz CT molecular complexity index is 1050. The smallest absolute Gasteiger partial charge is 0.243 e. The van der Waals surface area contributed by atoms with Crippen LogP contribution in [0.2, 0.25) is 0 Å². The molecular weight excluding hydrogens is 371 g/mol. The Kier molecular flexibility index (Phi) is 5.29. The van der Waals surface area contributed by atoms with Crippen molar-refractivity contribution in [3.05, 3.63) is 65.8 Å². The second-order valence-corrected chi connectivity index (χ2v) is 7.98. The summed E-state index contributed by atoms with van der Waals surface area (Å²) >= 11 is 0. The highest BCUT2D eigenvalue weighted by atomic mass is 32.2. The molecule has 0 aliphatic carbocycles. The Labute approximate surface area is 157 Å². The topological polar surface area (TPSA) is 72.6 Å². The zero-order valence-electron chi connectivity index (χ0n) is 15.1. The number of aromatic nitrogens is 1. The minimum absolute atomic E-state index is 0.0116. The fourth-order valence-electron chi connectivity index (χ4n) is 2.59. The van der Waals surface area contributed by atoms with Crippen molar-refractivity contribution in [3.63, 3.8) is 0 Å². The van der Waals surface area contributed by atoms with Crippen molar-refractivity contribution in [2.45, 2.75) is 18.4 Å². The van der Waals surface area contributed by atoms with Crippen LogP contribution >= 0.6 is 0 Å². The van der Waals surface area contributed by atoms with Gasteiger partial charge in [-0.15, -0.1) is 0 Å². The van der Waals surface area contributed by atoms with Gasteiger partial charge in [0.1, 0.15) is 17.3 Å². The van der Waals surface area contributed by atoms with E-state index in [0.29, 0.717) is 28.7 Å². The van der Waals surface area contributed by atoms with E-state index in [1.165, 1.54) is 19.2 Å². The van der Waals surface area contributed by atoms with Gasteiger partial charge >= 0.3 is 0 Å². The van der Waals surface area contributed by atoms with Crippen molar-refractivity contribution in [3.8, 4) is 17.2 Å². The molecule has 27 heavy (non-hydrogen) atoms. The Balaban J connectivity index is 1.88. The fourth-order valence-corrected chi connectivity index (χ4v) is 3.73. The molecule has 0 spiro atoms. The first-order chi connectivity index (χ1) is 12.8. The number of ether oxygens (including phenoxy) is 1. The number of halogens is 1. The number of sulfonamides is 1. The minimum atomic E-state index is -3.78. The monoisotopic (exact) mass is 390 g/mol. The highest BCUT2D eigenvalue weighted by molar-refractivity contribution is 7.89. The molecule has 2 aromatic carbocycles. The molecule has 6 nitrogen and oxygen atoms in total. The zero-order chi connectivity index (χ0) is 19.6. The summed E-state index contributed by atoms with van der Waals surface area (Å²) in [5, 5.41) is 0. The molecule has 0 fully saturated rings. The van der Waals surface area contributed by atoms with E-state index < -0.39 is 15.8 Å². The largest absolute Gasteiger partial charge is 0.496 e. The fraction of sp³-hybridized carbons (Fsp3) is 0.211. The zero-order valence-corrected chi connectivity index (χ0v) is 16.0. The SMILES string of the molecule is COc1ccccc1-c1nc(CN(C)S(=O)(=O)c2ccc(F)cc2)c(C)o1. The van der Waals surface area contributed by atoms with Crippen LogP contribution in [0.4, 0.5) is 4.39 Å². The molecule has 0 amide bonds. The van der Waals surface area contributed by atoms with Crippen LogP contribution in [0.5, 0.6) is 5.75 Å². The maximum absolute atomic E-state index is 13.1. The highest BCUT2D eigenvalue weighted by Gasteiger charge is 2.24. The van der Waals surface area contributed by atoms with Crippen LogP contribution in [0.3, 0.4) is 0 Å². The molecule has 3 aromatic rings. The standard InChI is InChI=1S/C19H19FN2O4S/c1-13-17(21-19(26-13)16-6-4-5-7-18(16)25-3)12-22(2)27(23,24)15-10-8-14(20)9-11-15/h4-11H,12H2,1-3H3. The predicted molar refractivity (Wildman–Crippen MR) is 98.3 cm³/mol. The average molecular weight is 390 g/mol. The summed E-state index contributed by atoms with van der Waals surface area (Å²) in [6.07, 6.45) is 0. The molecule has 0 unspecified atom stereocenters. The van der Waals surface area contributed by atoms with Gasteiger partial charge in [0.25, 0.3) is 0 Å². The normalized spacial score (nSPS) is 11.7. The summed E-state index contributed by atoms with van der Waals surface area (Å²) in [5.74, 6) is 0.979. The Morgan fingerprint density at radius 1 is 1.15 bits per heavy atom. The van der Waals surface area contributed by atoms with Crippen LogP contribution in [-0.4, -0.2) is 31.9 Å². The Morgan fingerprint density at radius 2 is 1.81 bits per heavy atom. The van der Waals surface area contributed by atoms with E-state index in [9.17, 15) is 12.8 Å². The summed E-state index contributed by atoms with van der Waals surface area (Å²) in [5.41, 5.74) is 1.17. The first kappa shape index (κ1) is 19.1. The lowest BCUT2D eigenvalue weighted by molar-refractivity contribution is 0.414. The lowest BCUT2D eigenvalue weighted by Gasteiger charge is -2.16. The van der Waals surface area contributed by atoms with Crippen LogP contribution < -0.4 is 4.74 Å². The molecule has 0 aliphatic heterocycles. The number of nitrogens with zero attached hydrogens (tertiary/aromatic N) is 2. The minimum Gasteiger partial charge on any atom is -0.496 e. The van der Waals surface area contributed by atoms with Gasteiger partial charge in [-0.2, -0.15) is 4.31 Å². The number of methoxy groups -OCH3 is 1. The first-order valence-electron chi connectivity index (χ1n) is 8.14. The van der Waals surface area contributed by atoms with Gasteiger partial charge in [-0.25, -0.2) is 17.8 Å². The summed E-state index contributed by atoms with van der Waals surface area (Å²) in [6.45, 7) is 1.74. The van der Waals surface area contributed by atoms with Gasteiger partial charge < -0.3 is 9.15 Å². The molecule has 1 aromatic heterocycles. The maximum atomic E-state index is 13.1. The molecule has 8 heteroatoms. The molecule has 0 saturated carbocycles. The number of oxazole rings is 1. The van der Waals surface area contributed by atoms with Crippen molar-refractivity contribution >= 4 is 10.0 Å². The van der Waals surface area contributed by atoms with Gasteiger partial charge in [-0.1, -0.05) is 12.1 Å². The molecule has 0 radical (unpaired) electrons. The second-order valence-electron chi connectivity index (χ2n) is 5.94. The van der Waals surface area contributed by atoms with Crippen molar-refractivity contribution < 1.29 is 22.0 Å². The van der Waals surface area contributed by atoms with Gasteiger partial charge in [0.05, 0.1) is 29.8 Å². The van der Waals surface area contributed by atoms with Crippen molar-refractivity contribution in [1.29, 1.82) is 0 Å². The molecular formula is C19H19FN2O4S. The Hall–Kier alpha value is -2.71. The van der Waals surface area contributed by atoms with Crippen LogP contribution in [0, 0.1) is 12.7 Å². The van der Waals surface area contributed by atoms with Gasteiger partial charge in [-0.05, 0) is 43.3 Å². The lowest BCUT2D eigenvalue weighted by atomic mass is 10.2. The van der Waals surface area contributed by atoms with E-state index in [1.54, 1.807) is 20.1 Å². The van der Waals surface area contributed by atoms with E-state index in [0.717, 1.165) is 16.4 Å². The molecule has 0 bridgehead atoms. The number of hydrogen-bond donors (Lipinski definition) is 0. The molecule has 3 rings (SSSR count). The maximum Gasteiger partial charge on any atom is 0.243 e. The molecule has 0 atom stereocenters. The number of para-hydroxylation sites is 1. The van der Waals surface area contributed by atoms with Crippen LogP contribution in [0.15, 0.2) is 57.8 Å². The molecule has 0 aliphatic rings. The molecule has 1 heterocycles. The van der Waals surface area contributed by atoms with Crippen molar-refractivity contribution in [1.82, 2.24) is 9.29 Å². The lowest BCUT2D eigenvalue weighted by Crippen LogP contribution is -2.27. The van der Waals surface area contributed by atoms with Crippen molar-refractivity contribution in [2.75, 3.05) is 14.2 Å². The van der Waals surface area contributed by atoms with Crippen molar-refractivity contribution in [2.24, 2.45) is 0 Å². The number of aryl methyl sites for hydroxylation is 1. The summed E-state index contributed by atoms with van der Waals surface area (Å²) in [4.78, 5) is 4.45. The first-order valence-corrected chi connectivity index (χ1v) is 9.58. The van der Waals surface area contributed by atoms with E-state index in [4.69, 9.17) is 9.15 Å². The third kappa shape index (κ3) is 3.86. The van der Waals surface area contributed by atoms with E-state index >= 15 is 0 Å². The van der Waals surface area contributed by atoms with E-state index in [1.807, 2.05) is 18.2 Å². The van der Waals surface area contributed by atoms with Crippen LogP contribution in [0.25, 0.3) is 11.5 Å². The summed E-state index contributed by atoms with van der Waals surface area (Å²) in [6, 6.07) is 12.0. The third-order valence-electron chi connectivity index (χ3n) is 4.12. The van der Waals surface area contributed by atoms with Gasteiger partial charge in [0.15, 0.2) is 0 Å². The summed E-state index contributed by atoms with van der Waals surface area (Å²) in [7, 11) is -0.784. The van der Waals surface area contributed by atoms with Gasteiger partial charge in [-0.3, -0.25) is 0 Å². The summed E-state index contributed by atoms with van der Waals surface area (Å²) < 4.78 is 50.6. The number of rotatable bonds is 6. The second kappa shape index (κ2) is 7.50. The number of benzene rings is 2. The quantitative estimate of drug-likeness (QED) is 0.643. The molecule has 0 N–H and O–H groups in total. The van der Waals surface area contributed by atoms with E-state index in [-0.39, 0.29) is 11.4 Å². The average Bonchev–Trinajstić information content (AvgIpc) is 3.02. The third-order valence-corrected chi connectivity index (χ3v) is 5.94. The Morgan fingerprint density at radius 3 is 2.48 bits per heavy atom. The highest BCUT2D eigenvalue weighted by Crippen LogP contribution is 2.30.